The molecule has 0 aliphatic carbocycles. The normalized spacial score (nSPS) is 15.2. The molecule has 0 saturated carbocycles. The van der Waals surface area contributed by atoms with Gasteiger partial charge in [0.2, 0.25) is 5.95 Å². The third-order valence-electron chi connectivity index (χ3n) is 4.72. The van der Waals surface area contributed by atoms with Crippen LogP contribution in [0.3, 0.4) is 0 Å². The lowest BCUT2D eigenvalue weighted by Crippen LogP contribution is -2.38. The third kappa shape index (κ3) is 4.56. The average Bonchev–Trinajstić information content (AvgIpc) is 2.61. The van der Waals surface area contributed by atoms with Crippen LogP contribution in [-0.2, 0) is 6.54 Å². The predicted molar refractivity (Wildman–Crippen MR) is 99.6 cm³/mol. The minimum atomic E-state index is 0.00999. The number of benzene rings is 1. The summed E-state index contributed by atoms with van der Waals surface area (Å²) < 4.78 is 0. The van der Waals surface area contributed by atoms with Crippen molar-refractivity contribution in [3.63, 3.8) is 0 Å². The molecule has 2 heterocycles. The van der Waals surface area contributed by atoms with Crippen LogP contribution >= 0.6 is 0 Å². The van der Waals surface area contributed by atoms with Crippen molar-refractivity contribution in [2.24, 2.45) is 5.92 Å². The summed E-state index contributed by atoms with van der Waals surface area (Å²) in [6.07, 6.45) is 2.13. The van der Waals surface area contributed by atoms with Crippen LogP contribution in [-0.4, -0.2) is 33.9 Å². The van der Waals surface area contributed by atoms with E-state index in [1.54, 1.807) is 6.07 Å². The van der Waals surface area contributed by atoms with Crippen molar-refractivity contribution in [3.05, 3.63) is 52.8 Å². The first-order chi connectivity index (χ1) is 12.0. The van der Waals surface area contributed by atoms with E-state index < -0.39 is 0 Å². The van der Waals surface area contributed by atoms with Crippen LogP contribution in [0.4, 0.5) is 5.95 Å². The molecule has 1 N–H and O–H groups in total. The van der Waals surface area contributed by atoms with E-state index in [1.165, 1.54) is 5.56 Å². The molecule has 1 amide bonds. The van der Waals surface area contributed by atoms with E-state index in [9.17, 15) is 4.79 Å². The van der Waals surface area contributed by atoms with E-state index >= 15 is 0 Å². The zero-order chi connectivity index (χ0) is 17.8. The molecular weight excluding hydrogens is 312 g/mol. The van der Waals surface area contributed by atoms with Gasteiger partial charge in [-0.1, -0.05) is 36.8 Å². The second-order valence-corrected chi connectivity index (χ2v) is 7.03. The van der Waals surface area contributed by atoms with Gasteiger partial charge in [-0.3, -0.25) is 4.79 Å². The molecule has 1 fully saturated rings. The minimum absolute atomic E-state index is 0.00999. The number of carbonyl (C=O) groups is 1. The summed E-state index contributed by atoms with van der Waals surface area (Å²) in [4.78, 5) is 23.5. The predicted octanol–water partition coefficient (Wildman–Crippen LogP) is 3.58. The molecule has 1 aromatic carbocycles. The molecule has 0 atom stereocenters. The Hall–Kier alpha value is -2.43. The largest absolute Gasteiger partial charge is 0.350 e. The number of amides is 1. The number of aromatic nitrogens is 2. The topological polar surface area (TPSA) is 58.1 Å². The smallest absolute Gasteiger partial charge is 0.272 e. The number of nitrogens with one attached hydrogen (secondary N) is 1. The molecular formula is C20H26N4O. The molecule has 0 spiro atoms. The maximum Gasteiger partial charge on any atom is 0.272 e. The van der Waals surface area contributed by atoms with Gasteiger partial charge in [0.05, 0.1) is 0 Å². The van der Waals surface area contributed by atoms with Crippen LogP contribution in [0.5, 0.6) is 0 Å². The van der Waals surface area contributed by atoms with Crippen molar-refractivity contribution in [1.29, 1.82) is 0 Å². The first-order valence-corrected chi connectivity index (χ1v) is 8.95. The van der Waals surface area contributed by atoms with Crippen LogP contribution in [0.25, 0.3) is 0 Å². The zero-order valence-electron chi connectivity index (χ0n) is 15.2. The highest BCUT2D eigenvalue weighted by molar-refractivity contribution is 5.92. The van der Waals surface area contributed by atoms with Crippen LogP contribution in [0, 0.1) is 19.8 Å². The third-order valence-corrected chi connectivity index (χ3v) is 4.72. The molecule has 5 nitrogen and oxygen atoms in total. The first-order valence-electron chi connectivity index (χ1n) is 8.95. The summed E-state index contributed by atoms with van der Waals surface area (Å²) >= 11 is 0. The molecule has 1 saturated heterocycles. The Kier molecular flexibility index (Phi) is 5.31. The lowest BCUT2D eigenvalue weighted by Gasteiger charge is -2.30. The maximum atomic E-state index is 12.7. The molecule has 1 aliphatic rings. The Balaban J connectivity index is 1.69. The Bertz CT molecular complexity index is 734. The highest BCUT2D eigenvalue weighted by Crippen LogP contribution is 2.18. The van der Waals surface area contributed by atoms with Gasteiger partial charge in [0, 0.05) is 25.3 Å². The molecule has 3 rings (SSSR count). The average molecular weight is 338 g/mol. The minimum Gasteiger partial charge on any atom is -0.350 e. The molecule has 25 heavy (non-hydrogen) atoms. The Labute approximate surface area is 149 Å². The van der Waals surface area contributed by atoms with Gasteiger partial charge in [-0.25, -0.2) is 9.97 Å². The van der Waals surface area contributed by atoms with Gasteiger partial charge in [-0.05, 0) is 44.2 Å². The monoisotopic (exact) mass is 338 g/mol. The molecule has 1 aliphatic heterocycles. The lowest BCUT2D eigenvalue weighted by molar-refractivity contribution is 0.0691. The quantitative estimate of drug-likeness (QED) is 0.926. The standard InChI is InChI=1S/C20H26N4O/c1-14-4-6-17(7-5-14)13-21-20-22-16(3)12-18(23-20)19(25)24-10-8-15(2)9-11-24/h4-7,12,15H,8-11,13H2,1-3H3,(H,21,22,23). The summed E-state index contributed by atoms with van der Waals surface area (Å²) in [6.45, 7) is 8.47. The van der Waals surface area contributed by atoms with Crippen molar-refractivity contribution in [2.75, 3.05) is 18.4 Å². The summed E-state index contributed by atoms with van der Waals surface area (Å²) in [5.74, 6) is 1.22. The van der Waals surface area contributed by atoms with E-state index in [1.807, 2.05) is 11.8 Å². The fraction of sp³-hybridized carbons (Fsp3) is 0.450. The van der Waals surface area contributed by atoms with Gasteiger partial charge in [0.1, 0.15) is 5.69 Å². The lowest BCUT2D eigenvalue weighted by atomic mass is 9.99. The second-order valence-electron chi connectivity index (χ2n) is 7.03. The van der Waals surface area contributed by atoms with Crippen molar-refractivity contribution < 1.29 is 4.79 Å². The SMILES string of the molecule is Cc1ccc(CNc2nc(C)cc(C(=O)N3CCC(C)CC3)n2)cc1. The van der Waals surface area contributed by atoms with Crippen molar-refractivity contribution in [1.82, 2.24) is 14.9 Å². The number of hydrogen-bond acceptors (Lipinski definition) is 4. The highest BCUT2D eigenvalue weighted by atomic mass is 16.2. The molecule has 0 bridgehead atoms. The van der Waals surface area contributed by atoms with E-state index in [0.717, 1.165) is 37.2 Å². The van der Waals surface area contributed by atoms with Crippen LogP contribution < -0.4 is 5.32 Å². The molecule has 0 unspecified atom stereocenters. The van der Waals surface area contributed by atoms with E-state index in [-0.39, 0.29) is 5.91 Å². The summed E-state index contributed by atoms with van der Waals surface area (Å²) in [7, 11) is 0. The number of carbonyl (C=O) groups excluding carboxylic acids is 1. The summed E-state index contributed by atoms with van der Waals surface area (Å²) in [5, 5.41) is 3.23. The van der Waals surface area contributed by atoms with E-state index in [4.69, 9.17) is 0 Å². The fourth-order valence-electron chi connectivity index (χ4n) is 3.02. The van der Waals surface area contributed by atoms with Gasteiger partial charge in [-0.15, -0.1) is 0 Å². The number of anilines is 1. The van der Waals surface area contributed by atoms with Crippen molar-refractivity contribution in [3.8, 4) is 0 Å². The van der Waals surface area contributed by atoms with Crippen LogP contribution in [0.1, 0.15) is 47.1 Å². The van der Waals surface area contributed by atoms with E-state index in [0.29, 0.717) is 24.1 Å². The van der Waals surface area contributed by atoms with Crippen molar-refractivity contribution in [2.45, 2.75) is 40.2 Å². The van der Waals surface area contributed by atoms with Gasteiger partial charge in [0.15, 0.2) is 0 Å². The van der Waals surface area contributed by atoms with Gasteiger partial charge < -0.3 is 10.2 Å². The number of likely N-dealkylation sites (tertiary alicyclic amines) is 1. The molecule has 0 radical (unpaired) electrons. The summed E-state index contributed by atoms with van der Waals surface area (Å²) in [6, 6.07) is 10.1. The van der Waals surface area contributed by atoms with Crippen molar-refractivity contribution >= 4 is 11.9 Å². The number of piperidine rings is 1. The molecule has 132 valence electrons. The molecule has 1 aromatic heterocycles. The summed E-state index contributed by atoms with van der Waals surface area (Å²) in [5.41, 5.74) is 3.68. The Morgan fingerprint density at radius 3 is 2.52 bits per heavy atom. The zero-order valence-corrected chi connectivity index (χ0v) is 15.2. The Morgan fingerprint density at radius 2 is 1.84 bits per heavy atom. The van der Waals surface area contributed by atoms with E-state index in [2.05, 4.69) is 53.4 Å². The Morgan fingerprint density at radius 1 is 1.16 bits per heavy atom. The number of nitrogens with zero attached hydrogens (tertiary/aromatic N) is 3. The van der Waals surface area contributed by atoms with Gasteiger partial charge in [-0.2, -0.15) is 0 Å². The molecule has 5 heteroatoms. The van der Waals surface area contributed by atoms with Gasteiger partial charge in [0.25, 0.3) is 5.91 Å². The van der Waals surface area contributed by atoms with Gasteiger partial charge >= 0.3 is 0 Å². The fourth-order valence-corrected chi connectivity index (χ4v) is 3.02. The number of rotatable bonds is 4. The van der Waals surface area contributed by atoms with Crippen LogP contribution in [0.15, 0.2) is 30.3 Å². The second kappa shape index (κ2) is 7.64. The number of aryl methyl sites for hydroxylation is 2. The number of hydrogen-bond donors (Lipinski definition) is 1. The highest BCUT2D eigenvalue weighted by Gasteiger charge is 2.23. The molecule has 2 aromatic rings. The van der Waals surface area contributed by atoms with Crippen LogP contribution in [0.2, 0.25) is 0 Å². The maximum absolute atomic E-state index is 12.7. The first kappa shape index (κ1) is 17.4.